The molecule has 0 saturated carbocycles. The number of carbonyl (C=O) groups excluding carboxylic acids is 1. The number of anilines is 1. The van der Waals surface area contributed by atoms with Crippen molar-refractivity contribution in [2.45, 2.75) is 4.90 Å². The SMILES string of the molecule is NC(=O)c1ccc(NS(=O)(=O)c2cnccc2Cl)cc1. The number of sulfonamides is 1. The predicted molar refractivity (Wildman–Crippen MR) is 75.0 cm³/mol. The zero-order valence-corrected chi connectivity index (χ0v) is 11.6. The molecule has 1 aromatic carbocycles. The van der Waals surface area contributed by atoms with Crippen molar-refractivity contribution in [3.63, 3.8) is 0 Å². The van der Waals surface area contributed by atoms with E-state index in [0.717, 1.165) is 6.20 Å². The Hall–Kier alpha value is -2.12. The summed E-state index contributed by atoms with van der Waals surface area (Å²) in [7, 11) is -3.84. The smallest absolute Gasteiger partial charge is 0.264 e. The maximum atomic E-state index is 12.1. The van der Waals surface area contributed by atoms with Gasteiger partial charge in [-0.2, -0.15) is 0 Å². The third-order valence-electron chi connectivity index (χ3n) is 2.45. The van der Waals surface area contributed by atoms with Gasteiger partial charge in [-0.05, 0) is 30.3 Å². The second-order valence-electron chi connectivity index (χ2n) is 3.85. The van der Waals surface area contributed by atoms with Gasteiger partial charge in [-0.15, -0.1) is 0 Å². The van der Waals surface area contributed by atoms with Gasteiger partial charge in [0.2, 0.25) is 5.91 Å². The van der Waals surface area contributed by atoms with Gasteiger partial charge in [0.25, 0.3) is 10.0 Å². The largest absolute Gasteiger partial charge is 0.366 e. The summed E-state index contributed by atoms with van der Waals surface area (Å²) in [5.41, 5.74) is 5.67. The first-order valence-electron chi connectivity index (χ1n) is 5.42. The van der Waals surface area contributed by atoms with Crippen LogP contribution in [0.1, 0.15) is 10.4 Å². The van der Waals surface area contributed by atoms with E-state index in [1.165, 1.54) is 36.5 Å². The summed E-state index contributed by atoms with van der Waals surface area (Å²) in [6.07, 6.45) is 2.55. The average Bonchev–Trinajstić information content (AvgIpc) is 2.39. The first kappa shape index (κ1) is 14.3. The first-order chi connectivity index (χ1) is 9.40. The van der Waals surface area contributed by atoms with Crippen molar-refractivity contribution in [2.24, 2.45) is 5.73 Å². The van der Waals surface area contributed by atoms with Crippen LogP contribution in [0, 0.1) is 0 Å². The van der Waals surface area contributed by atoms with E-state index in [1.807, 2.05) is 0 Å². The molecule has 0 fully saturated rings. The van der Waals surface area contributed by atoms with Crippen molar-refractivity contribution in [2.75, 3.05) is 4.72 Å². The van der Waals surface area contributed by atoms with Crippen molar-refractivity contribution in [1.29, 1.82) is 0 Å². The van der Waals surface area contributed by atoms with Crippen LogP contribution in [0.4, 0.5) is 5.69 Å². The molecule has 1 amide bonds. The zero-order valence-electron chi connectivity index (χ0n) is 10.1. The van der Waals surface area contributed by atoms with E-state index in [0.29, 0.717) is 0 Å². The molecule has 6 nitrogen and oxygen atoms in total. The number of nitrogens with zero attached hydrogens (tertiary/aromatic N) is 1. The van der Waals surface area contributed by atoms with Crippen LogP contribution in [0.15, 0.2) is 47.6 Å². The number of rotatable bonds is 4. The van der Waals surface area contributed by atoms with Gasteiger partial charge in [0, 0.05) is 23.6 Å². The molecule has 0 spiro atoms. The molecule has 1 heterocycles. The third kappa shape index (κ3) is 3.06. The lowest BCUT2D eigenvalue weighted by Gasteiger charge is -2.09. The maximum Gasteiger partial charge on any atom is 0.264 e. The number of amides is 1. The van der Waals surface area contributed by atoms with Crippen LogP contribution < -0.4 is 10.5 Å². The minimum Gasteiger partial charge on any atom is -0.366 e. The van der Waals surface area contributed by atoms with Crippen molar-refractivity contribution in [3.8, 4) is 0 Å². The molecule has 0 bridgehead atoms. The Kier molecular flexibility index (Phi) is 3.91. The number of halogens is 1. The average molecular weight is 312 g/mol. The lowest BCUT2D eigenvalue weighted by atomic mass is 10.2. The summed E-state index contributed by atoms with van der Waals surface area (Å²) < 4.78 is 26.6. The summed E-state index contributed by atoms with van der Waals surface area (Å²) in [5, 5.41) is 0.0706. The van der Waals surface area contributed by atoms with E-state index in [9.17, 15) is 13.2 Å². The van der Waals surface area contributed by atoms with E-state index < -0.39 is 15.9 Å². The molecule has 8 heteroatoms. The lowest BCUT2D eigenvalue weighted by molar-refractivity contribution is 0.100. The Bertz CT molecular complexity index is 745. The summed E-state index contributed by atoms with van der Waals surface area (Å²) in [6, 6.07) is 7.09. The van der Waals surface area contributed by atoms with E-state index in [-0.39, 0.29) is 21.2 Å². The van der Waals surface area contributed by atoms with E-state index >= 15 is 0 Å². The number of nitrogens with two attached hydrogens (primary N) is 1. The Morgan fingerprint density at radius 3 is 2.40 bits per heavy atom. The molecule has 20 heavy (non-hydrogen) atoms. The topological polar surface area (TPSA) is 102 Å². The van der Waals surface area contributed by atoms with Gasteiger partial charge in [-0.3, -0.25) is 14.5 Å². The molecule has 0 aliphatic rings. The molecule has 2 rings (SSSR count). The van der Waals surface area contributed by atoms with Gasteiger partial charge < -0.3 is 5.73 Å². The van der Waals surface area contributed by atoms with Crippen LogP contribution in [0.25, 0.3) is 0 Å². The van der Waals surface area contributed by atoms with Crippen LogP contribution in [0.3, 0.4) is 0 Å². The summed E-state index contributed by atoms with van der Waals surface area (Å²) in [4.78, 5) is 14.5. The molecular formula is C12H10ClN3O3S. The molecule has 0 radical (unpaired) electrons. The molecule has 0 saturated heterocycles. The number of benzene rings is 1. The number of nitrogens with one attached hydrogen (secondary N) is 1. The maximum absolute atomic E-state index is 12.1. The number of carbonyl (C=O) groups is 1. The summed E-state index contributed by atoms with van der Waals surface area (Å²) in [5.74, 6) is -0.588. The van der Waals surface area contributed by atoms with Crippen LogP contribution in [0.2, 0.25) is 5.02 Å². The Morgan fingerprint density at radius 2 is 1.85 bits per heavy atom. The summed E-state index contributed by atoms with van der Waals surface area (Å²) in [6.45, 7) is 0. The Labute approximate surface area is 120 Å². The number of primary amides is 1. The molecule has 2 aromatic rings. The highest BCUT2D eigenvalue weighted by Gasteiger charge is 2.18. The van der Waals surface area contributed by atoms with Crippen LogP contribution in [0.5, 0.6) is 0 Å². The number of aromatic nitrogens is 1. The lowest BCUT2D eigenvalue weighted by Crippen LogP contribution is -2.14. The Balaban J connectivity index is 2.29. The minimum absolute atomic E-state index is 0.0706. The molecule has 0 unspecified atom stereocenters. The molecule has 104 valence electrons. The zero-order chi connectivity index (χ0) is 14.8. The van der Waals surface area contributed by atoms with E-state index in [1.54, 1.807) is 0 Å². The molecule has 0 aliphatic heterocycles. The fraction of sp³-hybridized carbons (Fsp3) is 0. The molecule has 1 aromatic heterocycles. The van der Waals surface area contributed by atoms with Gasteiger partial charge in [0.15, 0.2) is 0 Å². The van der Waals surface area contributed by atoms with Gasteiger partial charge in [0.05, 0.1) is 5.02 Å². The highest BCUT2D eigenvalue weighted by Crippen LogP contribution is 2.22. The van der Waals surface area contributed by atoms with Gasteiger partial charge in [0.1, 0.15) is 4.90 Å². The number of pyridine rings is 1. The van der Waals surface area contributed by atoms with Gasteiger partial charge >= 0.3 is 0 Å². The standard InChI is InChI=1S/C12H10ClN3O3S/c13-10-5-6-15-7-11(10)20(18,19)16-9-3-1-8(2-4-9)12(14)17/h1-7,16H,(H2,14,17). The van der Waals surface area contributed by atoms with Crippen LogP contribution in [-0.4, -0.2) is 19.3 Å². The second-order valence-corrected chi connectivity index (χ2v) is 5.91. The van der Waals surface area contributed by atoms with Gasteiger partial charge in [-0.1, -0.05) is 11.6 Å². The van der Waals surface area contributed by atoms with Gasteiger partial charge in [-0.25, -0.2) is 8.42 Å². The quantitative estimate of drug-likeness (QED) is 0.895. The normalized spacial score (nSPS) is 11.1. The van der Waals surface area contributed by atoms with Crippen LogP contribution >= 0.6 is 11.6 Å². The predicted octanol–water partition coefficient (Wildman–Crippen LogP) is 1.63. The monoisotopic (exact) mass is 311 g/mol. The summed E-state index contributed by atoms with van der Waals surface area (Å²) >= 11 is 5.82. The fourth-order valence-corrected chi connectivity index (χ4v) is 2.96. The van der Waals surface area contributed by atoms with Crippen LogP contribution in [-0.2, 0) is 10.0 Å². The van der Waals surface area contributed by atoms with Crippen molar-refractivity contribution >= 4 is 33.2 Å². The first-order valence-corrected chi connectivity index (χ1v) is 7.28. The number of hydrogen-bond acceptors (Lipinski definition) is 4. The second kappa shape index (κ2) is 5.48. The van der Waals surface area contributed by atoms with Crippen molar-refractivity contribution in [1.82, 2.24) is 4.98 Å². The third-order valence-corrected chi connectivity index (χ3v) is 4.30. The molecule has 0 aliphatic carbocycles. The molecule has 0 atom stereocenters. The number of hydrogen-bond donors (Lipinski definition) is 2. The Morgan fingerprint density at radius 1 is 1.20 bits per heavy atom. The van der Waals surface area contributed by atoms with Crippen molar-refractivity contribution < 1.29 is 13.2 Å². The fourth-order valence-electron chi connectivity index (χ4n) is 1.47. The van der Waals surface area contributed by atoms with E-state index in [2.05, 4.69) is 9.71 Å². The highest BCUT2D eigenvalue weighted by molar-refractivity contribution is 7.92. The highest BCUT2D eigenvalue weighted by atomic mass is 35.5. The molecule has 3 N–H and O–H groups in total. The molecular weight excluding hydrogens is 302 g/mol. The van der Waals surface area contributed by atoms with E-state index in [4.69, 9.17) is 17.3 Å². The van der Waals surface area contributed by atoms with Crippen molar-refractivity contribution in [3.05, 3.63) is 53.3 Å². The minimum atomic E-state index is -3.84.